The van der Waals surface area contributed by atoms with Crippen molar-refractivity contribution in [3.05, 3.63) is 30.6 Å². The van der Waals surface area contributed by atoms with Crippen molar-refractivity contribution in [1.29, 1.82) is 0 Å². The summed E-state index contributed by atoms with van der Waals surface area (Å²) >= 11 is 0. The molecule has 32 heavy (non-hydrogen) atoms. The molecule has 0 unspecified atom stereocenters. The number of nitrogens with zero attached hydrogens (tertiary/aromatic N) is 5. The zero-order valence-electron chi connectivity index (χ0n) is 19.0. The maximum Gasteiger partial charge on any atom is 0.142 e. The summed E-state index contributed by atoms with van der Waals surface area (Å²) in [4.78, 5) is 9.48. The van der Waals surface area contributed by atoms with Crippen LogP contribution in [-0.4, -0.2) is 70.9 Å². The Balaban J connectivity index is 1.44. The first-order valence-corrected chi connectivity index (χ1v) is 11.5. The molecule has 1 aliphatic heterocycles. The number of pyridine rings is 1. The second-order valence-electron chi connectivity index (χ2n) is 9.17. The van der Waals surface area contributed by atoms with E-state index in [1.165, 1.54) is 39.0 Å². The Morgan fingerprint density at radius 3 is 2.38 bits per heavy atom. The van der Waals surface area contributed by atoms with Gasteiger partial charge >= 0.3 is 0 Å². The van der Waals surface area contributed by atoms with Crippen LogP contribution < -0.4 is 16.2 Å². The van der Waals surface area contributed by atoms with Crippen molar-refractivity contribution in [2.75, 3.05) is 51.8 Å². The fourth-order valence-corrected chi connectivity index (χ4v) is 5.30. The van der Waals surface area contributed by atoms with Gasteiger partial charge in [0.15, 0.2) is 0 Å². The molecule has 2 aliphatic rings. The molecule has 8 heteroatoms. The molecule has 0 spiro atoms. The maximum absolute atomic E-state index is 6.39. The van der Waals surface area contributed by atoms with E-state index in [1.807, 2.05) is 24.4 Å². The molecule has 0 amide bonds. The van der Waals surface area contributed by atoms with Crippen molar-refractivity contribution in [3.8, 4) is 17.0 Å². The number of hydrogen-bond acceptors (Lipinski definition) is 7. The largest absolute Gasteiger partial charge is 0.495 e. The SMILES string of the molecule is COc1cc(-c2nn(C3CCC(N4CCN(C)CC4)CC3)c3cncc(N)c23)ccc1N. The lowest BCUT2D eigenvalue weighted by Gasteiger charge is -2.41. The van der Waals surface area contributed by atoms with E-state index in [0.717, 1.165) is 35.0 Å². The van der Waals surface area contributed by atoms with Crippen LogP contribution in [0.2, 0.25) is 0 Å². The summed E-state index contributed by atoms with van der Waals surface area (Å²) in [6.07, 6.45) is 8.24. The first kappa shape index (κ1) is 21.0. The molecular formula is C24H33N7O. The number of nitrogens with two attached hydrogens (primary N) is 2. The smallest absolute Gasteiger partial charge is 0.142 e. The molecule has 3 heterocycles. The van der Waals surface area contributed by atoms with Crippen molar-refractivity contribution in [3.63, 3.8) is 0 Å². The van der Waals surface area contributed by atoms with Crippen molar-refractivity contribution in [2.45, 2.75) is 37.8 Å². The zero-order chi connectivity index (χ0) is 22.2. The number of fused-ring (bicyclic) bond motifs is 1. The number of likely N-dealkylation sites (N-methyl/N-ethyl adjacent to an activating group) is 1. The number of piperazine rings is 1. The zero-order valence-corrected chi connectivity index (χ0v) is 19.0. The molecule has 4 N–H and O–H groups in total. The Kier molecular flexibility index (Phi) is 5.65. The van der Waals surface area contributed by atoms with Crippen LogP contribution in [0.5, 0.6) is 5.75 Å². The van der Waals surface area contributed by atoms with Crippen molar-refractivity contribution >= 4 is 22.3 Å². The first-order valence-electron chi connectivity index (χ1n) is 11.5. The minimum Gasteiger partial charge on any atom is -0.495 e. The van der Waals surface area contributed by atoms with E-state index in [2.05, 4.69) is 26.5 Å². The minimum atomic E-state index is 0.356. The molecule has 1 aliphatic carbocycles. The van der Waals surface area contributed by atoms with Crippen molar-refractivity contribution < 1.29 is 4.74 Å². The fourth-order valence-electron chi connectivity index (χ4n) is 5.30. The molecule has 1 saturated heterocycles. The summed E-state index contributed by atoms with van der Waals surface area (Å²) in [7, 11) is 3.84. The average molecular weight is 436 g/mol. The van der Waals surface area contributed by atoms with Crippen LogP contribution in [0.4, 0.5) is 11.4 Å². The number of hydrogen-bond donors (Lipinski definition) is 2. The second-order valence-corrected chi connectivity index (χ2v) is 9.17. The molecule has 2 fully saturated rings. The highest BCUT2D eigenvalue weighted by Gasteiger charge is 2.30. The van der Waals surface area contributed by atoms with E-state index >= 15 is 0 Å². The van der Waals surface area contributed by atoms with Gasteiger partial charge in [0.25, 0.3) is 0 Å². The fraction of sp³-hybridized carbons (Fsp3) is 0.500. The Bertz CT molecular complexity index is 1100. The second kappa shape index (κ2) is 8.60. The summed E-state index contributed by atoms with van der Waals surface area (Å²) in [5.41, 5.74) is 16.5. The number of benzene rings is 1. The van der Waals surface area contributed by atoms with Crippen LogP contribution in [0.1, 0.15) is 31.7 Å². The molecule has 0 radical (unpaired) electrons. The summed E-state index contributed by atoms with van der Waals surface area (Å²) in [5, 5.41) is 6.03. The Hall–Kier alpha value is -2.84. The summed E-state index contributed by atoms with van der Waals surface area (Å²) in [5.74, 6) is 0.644. The molecule has 170 valence electrons. The van der Waals surface area contributed by atoms with Gasteiger partial charge in [-0.3, -0.25) is 14.6 Å². The third-order valence-electron chi connectivity index (χ3n) is 7.22. The minimum absolute atomic E-state index is 0.356. The predicted octanol–water partition coefficient (Wildman–Crippen LogP) is 3.00. The van der Waals surface area contributed by atoms with Crippen LogP contribution in [-0.2, 0) is 0 Å². The van der Waals surface area contributed by atoms with E-state index in [9.17, 15) is 0 Å². The summed E-state index contributed by atoms with van der Waals surface area (Å²) in [6, 6.07) is 6.82. The van der Waals surface area contributed by atoms with Gasteiger partial charge in [0.05, 0.1) is 47.8 Å². The number of anilines is 2. The molecule has 3 aromatic rings. The average Bonchev–Trinajstić information content (AvgIpc) is 3.21. The van der Waals surface area contributed by atoms with Gasteiger partial charge in [-0.05, 0) is 44.9 Å². The summed E-state index contributed by atoms with van der Waals surface area (Å²) in [6.45, 7) is 4.70. The van der Waals surface area contributed by atoms with Crippen molar-refractivity contribution in [2.24, 2.45) is 0 Å². The standard InChI is InChI=1S/C24H33N7O/c1-29-9-11-30(12-10-29)17-4-6-18(7-5-17)31-21-15-27-14-20(26)23(21)24(28-31)16-3-8-19(25)22(13-16)32-2/h3,8,13-15,17-18H,4-7,9-12,25-26H2,1-2H3. The van der Waals surface area contributed by atoms with E-state index in [4.69, 9.17) is 21.3 Å². The highest BCUT2D eigenvalue weighted by Crippen LogP contribution is 2.39. The van der Waals surface area contributed by atoms with Crippen LogP contribution >= 0.6 is 0 Å². The van der Waals surface area contributed by atoms with Gasteiger partial charge < -0.3 is 21.1 Å². The predicted molar refractivity (Wildman–Crippen MR) is 129 cm³/mol. The van der Waals surface area contributed by atoms with Crippen molar-refractivity contribution in [1.82, 2.24) is 24.6 Å². The molecule has 8 nitrogen and oxygen atoms in total. The Morgan fingerprint density at radius 1 is 0.938 bits per heavy atom. The quantitative estimate of drug-likeness (QED) is 0.608. The lowest BCUT2D eigenvalue weighted by Crippen LogP contribution is -2.49. The van der Waals surface area contributed by atoms with Gasteiger partial charge in [-0.15, -0.1) is 0 Å². The van der Waals surface area contributed by atoms with E-state index < -0.39 is 0 Å². The Labute approximate surface area is 189 Å². The topological polar surface area (TPSA) is 98.5 Å². The van der Waals surface area contributed by atoms with Gasteiger partial charge in [0.2, 0.25) is 0 Å². The van der Waals surface area contributed by atoms with Crippen LogP contribution in [0.25, 0.3) is 22.2 Å². The molecule has 1 saturated carbocycles. The van der Waals surface area contributed by atoms with Gasteiger partial charge in [-0.25, -0.2) is 0 Å². The molecular weight excluding hydrogens is 402 g/mol. The van der Waals surface area contributed by atoms with Gasteiger partial charge in [-0.2, -0.15) is 5.10 Å². The molecule has 2 aromatic heterocycles. The van der Waals surface area contributed by atoms with Crippen LogP contribution in [0, 0.1) is 0 Å². The molecule has 0 atom stereocenters. The number of ether oxygens (including phenoxy) is 1. The number of methoxy groups -OCH3 is 1. The Morgan fingerprint density at radius 2 is 1.66 bits per heavy atom. The van der Waals surface area contributed by atoms with E-state index in [1.54, 1.807) is 13.3 Å². The van der Waals surface area contributed by atoms with Gasteiger partial charge in [0, 0.05) is 37.8 Å². The monoisotopic (exact) mass is 435 g/mol. The maximum atomic E-state index is 6.39. The van der Waals surface area contributed by atoms with Crippen LogP contribution in [0.3, 0.4) is 0 Å². The molecule has 1 aromatic carbocycles. The van der Waals surface area contributed by atoms with E-state index in [0.29, 0.717) is 29.2 Å². The highest BCUT2D eigenvalue weighted by atomic mass is 16.5. The molecule has 0 bridgehead atoms. The van der Waals surface area contributed by atoms with Crippen LogP contribution in [0.15, 0.2) is 30.6 Å². The number of nitrogen functional groups attached to an aromatic ring is 2. The molecule has 5 rings (SSSR count). The number of aromatic nitrogens is 3. The lowest BCUT2D eigenvalue weighted by molar-refractivity contribution is 0.0816. The lowest BCUT2D eigenvalue weighted by atomic mass is 9.89. The van der Waals surface area contributed by atoms with E-state index in [-0.39, 0.29) is 0 Å². The normalized spacial score (nSPS) is 22.9. The number of rotatable bonds is 4. The third-order valence-corrected chi connectivity index (χ3v) is 7.22. The summed E-state index contributed by atoms with van der Waals surface area (Å²) < 4.78 is 7.60. The first-order chi connectivity index (χ1) is 15.5. The van der Waals surface area contributed by atoms with Gasteiger partial charge in [0.1, 0.15) is 11.4 Å². The third kappa shape index (κ3) is 3.78. The van der Waals surface area contributed by atoms with Gasteiger partial charge in [-0.1, -0.05) is 6.07 Å². The highest BCUT2D eigenvalue weighted by molar-refractivity contribution is 6.01.